The topological polar surface area (TPSA) is 122 Å². The Bertz CT molecular complexity index is 1680. The number of aryl methyl sites for hydroxylation is 3. The summed E-state index contributed by atoms with van der Waals surface area (Å²) in [7, 11) is -4.04. The number of carbonyl (C=O) groups excluding carboxylic acids is 1. The lowest BCUT2D eigenvalue weighted by Crippen LogP contribution is -2.52. The van der Waals surface area contributed by atoms with Crippen LogP contribution in [-0.4, -0.2) is 54.3 Å². The van der Waals surface area contributed by atoms with Crippen LogP contribution in [0.2, 0.25) is 0 Å². The van der Waals surface area contributed by atoms with E-state index in [0.29, 0.717) is 23.6 Å². The minimum absolute atomic E-state index is 0.0784. The van der Waals surface area contributed by atoms with E-state index in [1.807, 2.05) is 6.92 Å². The van der Waals surface area contributed by atoms with Gasteiger partial charge in [0.15, 0.2) is 0 Å². The summed E-state index contributed by atoms with van der Waals surface area (Å²) in [6.07, 6.45) is 2.60. The van der Waals surface area contributed by atoms with Crippen molar-refractivity contribution in [2.45, 2.75) is 37.2 Å². The third-order valence-corrected chi connectivity index (χ3v) is 8.92. The van der Waals surface area contributed by atoms with Gasteiger partial charge in [-0.05, 0) is 43.2 Å². The van der Waals surface area contributed by atoms with Gasteiger partial charge in [-0.1, -0.05) is 59.3 Å². The molecule has 0 unspecified atom stereocenters. The first kappa shape index (κ1) is 25.8. The zero-order valence-corrected chi connectivity index (χ0v) is 22.8. The fourth-order valence-electron chi connectivity index (χ4n) is 4.96. The molecule has 1 aromatic heterocycles. The van der Waals surface area contributed by atoms with Crippen molar-refractivity contribution >= 4 is 33.1 Å². The number of rotatable bonds is 8. The lowest BCUT2D eigenvalue weighted by Gasteiger charge is -2.36. The minimum Gasteiger partial charge on any atom is -0.368 e. The minimum atomic E-state index is -4.04. The van der Waals surface area contributed by atoms with Crippen molar-refractivity contribution in [2.24, 2.45) is 4.99 Å². The van der Waals surface area contributed by atoms with Crippen molar-refractivity contribution < 1.29 is 13.2 Å². The second kappa shape index (κ2) is 10.6. The van der Waals surface area contributed by atoms with Gasteiger partial charge in [-0.2, -0.15) is 0 Å². The first-order chi connectivity index (χ1) is 19.4. The summed E-state index contributed by atoms with van der Waals surface area (Å²) in [6, 6.07) is 20.8. The molecule has 0 radical (unpaired) electrons. The molecule has 4 aromatic rings. The SMILES string of the molecule is Cc1ccc(S(=O)(=O)N2c3ccccc3NC(=O)[C@H]2Cc2cn(CCc3ccc(C4=NCCN4)cc3)nn2)cc1. The summed E-state index contributed by atoms with van der Waals surface area (Å²) < 4.78 is 30.7. The standard InChI is InChI=1S/C29H29N7O3S/c1-20-6-12-24(13-7-20)40(38,39)36-26-5-3-2-4-25(26)32-29(37)27(36)18-23-19-35(34-33-23)17-14-21-8-10-22(11-9-21)28-30-15-16-31-28/h2-13,19,27H,14-18H2,1H3,(H,30,31)(H,32,37)/t27-/m1/s1. The summed E-state index contributed by atoms with van der Waals surface area (Å²) in [6.45, 7) is 4.16. The summed E-state index contributed by atoms with van der Waals surface area (Å²) in [5.74, 6) is 0.519. The molecule has 0 spiro atoms. The van der Waals surface area contributed by atoms with Crippen LogP contribution in [0.15, 0.2) is 88.9 Å². The fraction of sp³-hybridized carbons (Fsp3) is 0.241. The van der Waals surface area contributed by atoms with Crippen LogP contribution in [0.25, 0.3) is 0 Å². The Morgan fingerprint density at radius 3 is 2.52 bits per heavy atom. The zero-order valence-electron chi connectivity index (χ0n) is 22.0. The Labute approximate surface area is 232 Å². The first-order valence-electron chi connectivity index (χ1n) is 13.2. The van der Waals surface area contributed by atoms with Crippen LogP contribution in [0, 0.1) is 6.92 Å². The number of fused-ring (bicyclic) bond motifs is 1. The van der Waals surface area contributed by atoms with Gasteiger partial charge in [-0.3, -0.25) is 18.8 Å². The predicted molar refractivity (Wildman–Crippen MR) is 153 cm³/mol. The fourth-order valence-corrected chi connectivity index (χ4v) is 6.59. The quantitative estimate of drug-likeness (QED) is 0.345. The predicted octanol–water partition coefficient (Wildman–Crippen LogP) is 2.94. The molecule has 6 rings (SSSR count). The highest BCUT2D eigenvalue weighted by Crippen LogP contribution is 2.37. The molecular formula is C29H29N7O3S. The van der Waals surface area contributed by atoms with Crippen LogP contribution < -0.4 is 14.9 Å². The number of aromatic nitrogens is 3. The summed E-state index contributed by atoms with van der Waals surface area (Å²) in [5, 5.41) is 14.6. The molecule has 204 valence electrons. The van der Waals surface area contributed by atoms with Gasteiger partial charge in [-0.25, -0.2) is 8.42 Å². The molecular weight excluding hydrogens is 526 g/mol. The number of amidine groups is 1. The number of para-hydroxylation sites is 2. The molecule has 1 atom stereocenters. The van der Waals surface area contributed by atoms with E-state index in [0.717, 1.165) is 42.0 Å². The van der Waals surface area contributed by atoms with Crippen LogP contribution >= 0.6 is 0 Å². The Morgan fingerprint density at radius 2 is 1.77 bits per heavy atom. The number of nitrogens with one attached hydrogen (secondary N) is 2. The lowest BCUT2D eigenvalue weighted by atomic mass is 10.1. The average Bonchev–Trinajstić information content (AvgIpc) is 3.65. The van der Waals surface area contributed by atoms with Crippen LogP contribution in [-0.2, 0) is 34.2 Å². The van der Waals surface area contributed by atoms with E-state index >= 15 is 0 Å². The number of benzene rings is 3. The van der Waals surface area contributed by atoms with Crippen molar-refractivity contribution in [2.75, 3.05) is 22.7 Å². The van der Waals surface area contributed by atoms with E-state index in [1.54, 1.807) is 59.4 Å². The van der Waals surface area contributed by atoms with Gasteiger partial charge in [0.1, 0.15) is 11.9 Å². The van der Waals surface area contributed by atoms with E-state index < -0.39 is 22.0 Å². The van der Waals surface area contributed by atoms with Crippen molar-refractivity contribution in [3.05, 3.63) is 101 Å². The van der Waals surface area contributed by atoms with E-state index in [-0.39, 0.29) is 11.3 Å². The number of hydrogen-bond donors (Lipinski definition) is 2. The molecule has 0 saturated carbocycles. The van der Waals surface area contributed by atoms with Crippen molar-refractivity contribution in [3.8, 4) is 0 Å². The van der Waals surface area contributed by atoms with Gasteiger partial charge in [0.2, 0.25) is 5.91 Å². The molecule has 2 aliphatic heterocycles. The Kier molecular flexibility index (Phi) is 6.81. The number of anilines is 2. The van der Waals surface area contributed by atoms with Crippen LogP contribution in [0.1, 0.15) is 22.4 Å². The molecule has 0 saturated heterocycles. The first-order valence-corrected chi connectivity index (χ1v) is 14.6. The molecule has 11 heteroatoms. The van der Waals surface area contributed by atoms with E-state index in [9.17, 15) is 13.2 Å². The Balaban J connectivity index is 1.21. The second-order valence-corrected chi connectivity index (χ2v) is 11.7. The average molecular weight is 556 g/mol. The molecule has 3 heterocycles. The molecule has 40 heavy (non-hydrogen) atoms. The molecule has 0 fully saturated rings. The van der Waals surface area contributed by atoms with Gasteiger partial charge < -0.3 is 10.6 Å². The van der Waals surface area contributed by atoms with Crippen LogP contribution in [0.4, 0.5) is 11.4 Å². The van der Waals surface area contributed by atoms with Crippen molar-refractivity contribution in [1.29, 1.82) is 0 Å². The molecule has 0 bridgehead atoms. The van der Waals surface area contributed by atoms with Crippen molar-refractivity contribution in [1.82, 2.24) is 20.3 Å². The smallest absolute Gasteiger partial charge is 0.265 e. The van der Waals surface area contributed by atoms with Crippen molar-refractivity contribution in [3.63, 3.8) is 0 Å². The third kappa shape index (κ3) is 5.07. The molecule has 3 aromatic carbocycles. The zero-order chi connectivity index (χ0) is 27.7. The largest absolute Gasteiger partial charge is 0.368 e. The molecule has 0 aliphatic carbocycles. The van der Waals surface area contributed by atoms with Gasteiger partial charge in [-0.15, -0.1) is 5.10 Å². The third-order valence-electron chi connectivity index (χ3n) is 7.08. The summed E-state index contributed by atoms with van der Waals surface area (Å²) in [4.78, 5) is 17.8. The van der Waals surface area contributed by atoms with Gasteiger partial charge in [0, 0.05) is 31.3 Å². The number of sulfonamides is 1. The summed E-state index contributed by atoms with van der Waals surface area (Å²) >= 11 is 0. The Hall–Kier alpha value is -4.51. The van der Waals surface area contributed by atoms with E-state index in [2.05, 4.69) is 50.2 Å². The van der Waals surface area contributed by atoms with E-state index in [4.69, 9.17) is 0 Å². The number of carbonyl (C=O) groups is 1. The van der Waals surface area contributed by atoms with Gasteiger partial charge in [0.05, 0.1) is 28.5 Å². The molecule has 2 aliphatic rings. The molecule has 10 nitrogen and oxygen atoms in total. The highest BCUT2D eigenvalue weighted by atomic mass is 32.2. The van der Waals surface area contributed by atoms with Crippen LogP contribution in [0.5, 0.6) is 0 Å². The maximum Gasteiger partial charge on any atom is 0.265 e. The number of nitrogens with zero attached hydrogens (tertiary/aromatic N) is 5. The monoisotopic (exact) mass is 555 g/mol. The Morgan fingerprint density at radius 1 is 1.00 bits per heavy atom. The van der Waals surface area contributed by atoms with Gasteiger partial charge >= 0.3 is 0 Å². The highest BCUT2D eigenvalue weighted by molar-refractivity contribution is 7.93. The highest BCUT2D eigenvalue weighted by Gasteiger charge is 2.41. The number of aliphatic imine (C=N–C) groups is 1. The summed E-state index contributed by atoms with van der Waals surface area (Å²) in [5.41, 5.74) is 4.57. The number of amides is 1. The maximum atomic E-state index is 13.9. The molecule has 1 amide bonds. The maximum absolute atomic E-state index is 13.9. The normalized spacial score (nSPS) is 16.7. The van der Waals surface area contributed by atoms with Crippen LogP contribution in [0.3, 0.4) is 0 Å². The number of hydrogen-bond acceptors (Lipinski definition) is 7. The van der Waals surface area contributed by atoms with Gasteiger partial charge in [0.25, 0.3) is 10.0 Å². The molecule has 2 N–H and O–H groups in total. The second-order valence-electron chi connectivity index (χ2n) is 9.92. The van der Waals surface area contributed by atoms with E-state index in [1.165, 1.54) is 4.31 Å². The lowest BCUT2D eigenvalue weighted by molar-refractivity contribution is -0.117.